The summed E-state index contributed by atoms with van der Waals surface area (Å²) in [7, 11) is 1.22. The van der Waals surface area contributed by atoms with E-state index in [1.54, 1.807) is 12.1 Å². The van der Waals surface area contributed by atoms with Gasteiger partial charge in [0.2, 0.25) is 0 Å². The van der Waals surface area contributed by atoms with Crippen LogP contribution in [-0.2, 0) is 30.4 Å². The second-order valence-corrected chi connectivity index (χ2v) is 6.06. The van der Waals surface area contributed by atoms with Crippen LogP contribution in [0.15, 0.2) is 54.6 Å². The van der Waals surface area contributed by atoms with Gasteiger partial charge in [-0.1, -0.05) is 42.5 Å². The molecule has 2 aromatic rings. The molecule has 0 spiro atoms. The highest BCUT2D eigenvalue weighted by Gasteiger charge is 2.48. The Balaban J connectivity index is 1.88. The van der Waals surface area contributed by atoms with E-state index in [2.05, 4.69) is 0 Å². The van der Waals surface area contributed by atoms with Gasteiger partial charge in [-0.15, -0.1) is 0 Å². The van der Waals surface area contributed by atoms with Crippen molar-refractivity contribution in [2.24, 2.45) is 11.8 Å². The van der Waals surface area contributed by atoms with E-state index in [0.717, 1.165) is 5.56 Å². The molecule has 5 nitrogen and oxygen atoms in total. The molecule has 1 fully saturated rings. The summed E-state index contributed by atoms with van der Waals surface area (Å²) in [6.45, 7) is 0.316. The minimum Gasteiger partial charge on any atom is -0.468 e. The largest absolute Gasteiger partial charge is 0.468 e. The van der Waals surface area contributed by atoms with Crippen molar-refractivity contribution in [2.75, 3.05) is 13.7 Å². The zero-order chi connectivity index (χ0) is 18.5. The minimum atomic E-state index is -1.06. The van der Waals surface area contributed by atoms with E-state index in [-0.39, 0.29) is 19.0 Å². The standard InChI is InChI=1S/C20H19FO5/c1-24-19(22)17-16(12-26-20(17)23)18(14-7-9-15(21)10-8-14)25-11-13-5-3-2-4-6-13/h2-10,16-18H,11-12H2,1H3. The van der Waals surface area contributed by atoms with Crippen molar-refractivity contribution in [1.29, 1.82) is 0 Å². The molecule has 1 saturated heterocycles. The fraction of sp³-hybridized carbons (Fsp3) is 0.300. The van der Waals surface area contributed by atoms with Gasteiger partial charge in [-0.3, -0.25) is 9.59 Å². The van der Waals surface area contributed by atoms with E-state index in [0.29, 0.717) is 5.56 Å². The third-order valence-electron chi connectivity index (χ3n) is 4.42. The lowest BCUT2D eigenvalue weighted by Crippen LogP contribution is -2.31. The Kier molecular flexibility index (Phi) is 5.63. The van der Waals surface area contributed by atoms with Crippen molar-refractivity contribution < 1.29 is 28.2 Å². The van der Waals surface area contributed by atoms with Crippen molar-refractivity contribution in [1.82, 2.24) is 0 Å². The number of carbonyl (C=O) groups is 2. The number of carbonyl (C=O) groups excluding carboxylic acids is 2. The van der Waals surface area contributed by atoms with E-state index >= 15 is 0 Å². The predicted octanol–water partition coefficient (Wildman–Crippen LogP) is 3.05. The maximum Gasteiger partial charge on any atom is 0.320 e. The summed E-state index contributed by atoms with van der Waals surface area (Å²) in [6.07, 6.45) is -0.619. The van der Waals surface area contributed by atoms with Gasteiger partial charge >= 0.3 is 11.9 Å². The summed E-state index contributed by atoms with van der Waals surface area (Å²) in [4.78, 5) is 24.1. The van der Waals surface area contributed by atoms with Crippen molar-refractivity contribution in [2.45, 2.75) is 12.7 Å². The van der Waals surface area contributed by atoms with Crippen molar-refractivity contribution >= 4 is 11.9 Å². The molecule has 0 bridgehead atoms. The van der Waals surface area contributed by atoms with Gasteiger partial charge in [0.15, 0.2) is 5.92 Å². The molecule has 1 aliphatic rings. The number of halogens is 1. The van der Waals surface area contributed by atoms with Crippen LogP contribution in [0.4, 0.5) is 4.39 Å². The lowest BCUT2D eigenvalue weighted by molar-refractivity contribution is -0.156. The van der Waals surface area contributed by atoms with Gasteiger partial charge in [0.05, 0.1) is 26.4 Å². The number of benzene rings is 2. The Hall–Kier alpha value is -2.73. The summed E-state index contributed by atoms with van der Waals surface area (Å²) in [5.41, 5.74) is 1.61. The van der Waals surface area contributed by atoms with Crippen molar-refractivity contribution in [3.63, 3.8) is 0 Å². The van der Waals surface area contributed by atoms with Gasteiger partial charge in [0.25, 0.3) is 0 Å². The van der Waals surface area contributed by atoms with Crippen molar-refractivity contribution in [3.8, 4) is 0 Å². The molecule has 3 rings (SSSR count). The molecule has 3 atom stereocenters. The molecule has 0 aromatic heterocycles. The van der Waals surface area contributed by atoms with Gasteiger partial charge in [0, 0.05) is 5.92 Å². The van der Waals surface area contributed by atoms with Crippen molar-refractivity contribution in [3.05, 3.63) is 71.5 Å². The summed E-state index contributed by atoms with van der Waals surface area (Å²) in [6, 6.07) is 15.3. The van der Waals surface area contributed by atoms with E-state index in [1.165, 1.54) is 19.2 Å². The Morgan fingerprint density at radius 3 is 2.54 bits per heavy atom. The highest BCUT2D eigenvalue weighted by atomic mass is 19.1. The smallest absolute Gasteiger partial charge is 0.320 e. The molecular formula is C20H19FO5. The molecule has 2 aromatic carbocycles. The van der Waals surface area contributed by atoms with E-state index in [9.17, 15) is 14.0 Å². The normalized spacial score (nSPS) is 20.5. The number of methoxy groups -OCH3 is 1. The Morgan fingerprint density at radius 2 is 1.88 bits per heavy atom. The van der Waals surface area contributed by atoms with E-state index in [4.69, 9.17) is 14.2 Å². The number of esters is 2. The van der Waals surface area contributed by atoms with Crippen LogP contribution in [-0.4, -0.2) is 25.7 Å². The molecule has 3 unspecified atom stereocenters. The molecule has 6 heteroatoms. The van der Waals surface area contributed by atoms with Crippen LogP contribution >= 0.6 is 0 Å². The summed E-state index contributed by atoms with van der Waals surface area (Å²) in [5, 5.41) is 0. The molecular weight excluding hydrogens is 339 g/mol. The molecule has 0 radical (unpaired) electrons. The Labute approximate surface area is 150 Å². The molecule has 0 aliphatic carbocycles. The van der Waals surface area contributed by atoms with Gasteiger partial charge in [-0.05, 0) is 23.3 Å². The SMILES string of the molecule is COC(=O)C1C(=O)OCC1C(OCc1ccccc1)c1ccc(F)cc1. The zero-order valence-electron chi connectivity index (χ0n) is 14.3. The summed E-state index contributed by atoms with van der Waals surface area (Å²) in [5.74, 6) is -3.28. The number of hydrogen-bond acceptors (Lipinski definition) is 5. The lowest BCUT2D eigenvalue weighted by atomic mass is 9.86. The average molecular weight is 358 g/mol. The number of rotatable bonds is 6. The highest BCUT2D eigenvalue weighted by molar-refractivity contribution is 5.96. The Bertz CT molecular complexity index is 760. The first kappa shape index (κ1) is 18.1. The average Bonchev–Trinajstić information content (AvgIpc) is 3.05. The molecule has 0 amide bonds. The molecule has 0 saturated carbocycles. The first-order valence-corrected chi connectivity index (χ1v) is 8.25. The fourth-order valence-electron chi connectivity index (χ4n) is 3.08. The molecule has 136 valence electrons. The van der Waals surface area contributed by atoms with Crippen LogP contribution in [0.5, 0.6) is 0 Å². The monoisotopic (exact) mass is 358 g/mol. The first-order valence-electron chi connectivity index (χ1n) is 8.25. The van der Waals surface area contributed by atoms with Crippen LogP contribution in [0.25, 0.3) is 0 Å². The molecule has 26 heavy (non-hydrogen) atoms. The topological polar surface area (TPSA) is 61.8 Å². The van der Waals surface area contributed by atoms with Gasteiger partial charge in [-0.2, -0.15) is 0 Å². The van der Waals surface area contributed by atoms with Gasteiger partial charge < -0.3 is 14.2 Å². The van der Waals surface area contributed by atoms with Gasteiger partial charge in [-0.25, -0.2) is 4.39 Å². The maximum atomic E-state index is 13.3. The second kappa shape index (κ2) is 8.10. The summed E-state index contributed by atoms with van der Waals surface area (Å²) >= 11 is 0. The second-order valence-electron chi connectivity index (χ2n) is 6.06. The van der Waals surface area contributed by atoms with Crippen LogP contribution in [0.3, 0.4) is 0 Å². The highest BCUT2D eigenvalue weighted by Crippen LogP contribution is 2.37. The number of cyclic esters (lactones) is 1. The van der Waals surface area contributed by atoms with E-state index < -0.39 is 29.9 Å². The molecule has 1 heterocycles. The number of hydrogen-bond donors (Lipinski definition) is 0. The van der Waals surface area contributed by atoms with Gasteiger partial charge in [0.1, 0.15) is 5.82 Å². The third kappa shape index (κ3) is 3.91. The van der Waals surface area contributed by atoms with Crippen LogP contribution in [0.1, 0.15) is 17.2 Å². The predicted molar refractivity (Wildman–Crippen MR) is 90.3 cm³/mol. The minimum absolute atomic E-state index is 0.0371. The zero-order valence-corrected chi connectivity index (χ0v) is 14.3. The fourth-order valence-corrected chi connectivity index (χ4v) is 3.08. The Morgan fingerprint density at radius 1 is 1.19 bits per heavy atom. The maximum absolute atomic E-state index is 13.3. The van der Waals surface area contributed by atoms with Crippen LogP contribution in [0, 0.1) is 17.7 Å². The molecule has 1 aliphatic heterocycles. The molecule has 0 N–H and O–H groups in total. The van der Waals surface area contributed by atoms with E-state index in [1.807, 2.05) is 30.3 Å². The first-order chi connectivity index (χ1) is 12.6. The van der Waals surface area contributed by atoms with Crippen LogP contribution in [0.2, 0.25) is 0 Å². The lowest BCUT2D eigenvalue weighted by Gasteiger charge is -2.25. The quantitative estimate of drug-likeness (QED) is 0.587. The number of ether oxygens (including phenoxy) is 3. The summed E-state index contributed by atoms with van der Waals surface area (Å²) < 4.78 is 29.2. The third-order valence-corrected chi connectivity index (χ3v) is 4.42. The van der Waals surface area contributed by atoms with Crippen LogP contribution < -0.4 is 0 Å².